The van der Waals surface area contributed by atoms with Crippen molar-refractivity contribution in [1.82, 2.24) is 0 Å². The molecule has 3 aromatic rings. The number of methoxy groups -OCH3 is 1. The van der Waals surface area contributed by atoms with Gasteiger partial charge in [-0.1, -0.05) is 48.5 Å². The van der Waals surface area contributed by atoms with Crippen LogP contribution in [-0.2, 0) is 10.5 Å². The van der Waals surface area contributed by atoms with Crippen LogP contribution < -0.4 is 10.5 Å². The number of nitrogens with zero attached hydrogens (tertiary/aromatic N) is 1. The van der Waals surface area contributed by atoms with E-state index in [0.29, 0.717) is 5.69 Å². The van der Waals surface area contributed by atoms with Gasteiger partial charge in [-0.3, -0.25) is 0 Å². The van der Waals surface area contributed by atoms with Gasteiger partial charge in [0.1, 0.15) is 5.75 Å². The molecule has 0 saturated heterocycles. The van der Waals surface area contributed by atoms with Crippen LogP contribution >= 0.6 is 0 Å². The molecule has 0 aliphatic carbocycles. The van der Waals surface area contributed by atoms with Crippen molar-refractivity contribution in [2.75, 3.05) is 19.4 Å². The Morgan fingerprint density at radius 1 is 0.852 bits per heavy atom. The van der Waals surface area contributed by atoms with Crippen molar-refractivity contribution in [2.45, 2.75) is 5.92 Å². The van der Waals surface area contributed by atoms with E-state index in [-0.39, 0.29) is 12.5 Å². The van der Waals surface area contributed by atoms with Gasteiger partial charge in [0.25, 0.3) is 0 Å². The smallest absolute Gasteiger partial charge is 0.311 e. The van der Waals surface area contributed by atoms with Gasteiger partial charge in [0.05, 0.1) is 13.7 Å². The molecule has 0 saturated carbocycles. The first-order chi connectivity index (χ1) is 13.1. The summed E-state index contributed by atoms with van der Waals surface area (Å²) in [5.74, 6) is 0.652. The van der Waals surface area contributed by atoms with Crippen LogP contribution in [0.15, 0.2) is 77.2 Å². The van der Waals surface area contributed by atoms with Crippen LogP contribution in [0.5, 0.6) is 5.75 Å². The van der Waals surface area contributed by atoms with Gasteiger partial charge in [-0.25, -0.2) is 0 Å². The van der Waals surface area contributed by atoms with Crippen molar-refractivity contribution in [3.63, 3.8) is 0 Å². The lowest BCUT2D eigenvalue weighted by atomic mass is 9.90. The highest BCUT2D eigenvalue weighted by Gasteiger charge is 2.14. The number of anilines is 1. The summed E-state index contributed by atoms with van der Waals surface area (Å²) in [7, 11) is -0.797. The monoisotopic (exact) mass is 380 g/mol. The van der Waals surface area contributed by atoms with Crippen LogP contribution in [0.4, 0.5) is 5.69 Å². The molecule has 27 heavy (non-hydrogen) atoms. The van der Waals surface area contributed by atoms with Gasteiger partial charge < -0.3 is 10.5 Å². The van der Waals surface area contributed by atoms with Crippen molar-refractivity contribution < 1.29 is 13.2 Å². The zero-order valence-electron chi connectivity index (χ0n) is 14.9. The maximum absolute atomic E-state index is 10.9. The molecular formula is C21H20N2O3S. The number of benzene rings is 3. The third-order valence-electron chi connectivity index (χ3n) is 4.44. The summed E-state index contributed by atoms with van der Waals surface area (Å²) in [6.45, 7) is 0.155. The van der Waals surface area contributed by atoms with E-state index in [0.717, 1.165) is 28.0 Å². The highest BCUT2D eigenvalue weighted by molar-refractivity contribution is 7.61. The summed E-state index contributed by atoms with van der Waals surface area (Å²) in [6.07, 6.45) is 0. The molecule has 3 aromatic carbocycles. The molecule has 0 fully saturated rings. The van der Waals surface area contributed by atoms with Crippen molar-refractivity contribution >= 4 is 16.2 Å². The molecule has 0 aromatic heterocycles. The maximum Gasteiger partial charge on any atom is 0.311 e. The minimum atomic E-state index is -2.44. The van der Waals surface area contributed by atoms with E-state index in [9.17, 15) is 8.42 Å². The topological polar surface area (TPSA) is 81.8 Å². The predicted molar refractivity (Wildman–Crippen MR) is 107 cm³/mol. The average molecular weight is 380 g/mol. The lowest BCUT2D eigenvalue weighted by Gasteiger charge is -2.16. The molecule has 0 spiro atoms. The molecule has 1 atom stereocenters. The SMILES string of the molecule is COc1ccc(-c2ccc(C(CN=S(=O)=O)c3ccc(N)cc3)cc2)cc1. The van der Waals surface area contributed by atoms with Gasteiger partial charge in [0.2, 0.25) is 0 Å². The maximum atomic E-state index is 10.9. The van der Waals surface area contributed by atoms with E-state index in [1.807, 2.05) is 72.8 Å². The predicted octanol–water partition coefficient (Wildman–Crippen LogP) is 4.14. The van der Waals surface area contributed by atoms with Gasteiger partial charge in [-0.15, -0.1) is 0 Å². The summed E-state index contributed by atoms with van der Waals surface area (Å²) in [6, 6.07) is 23.3. The van der Waals surface area contributed by atoms with E-state index in [1.165, 1.54) is 0 Å². The number of nitrogens with two attached hydrogens (primary N) is 1. The second-order valence-electron chi connectivity index (χ2n) is 6.10. The number of nitrogen functional groups attached to an aromatic ring is 1. The standard InChI is InChI=1S/C21H20N2O3S/c1-26-20-12-8-16(9-13-20)15-2-4-17(5-3-15)21(14-23-27(24)25)18-6-10-19(22)11-7-18/h2-13,21H,14,22H2,1H3. The van der Waals surface area contributed by atoms with Gasteiger partial charge in [0.15, 0.2) is 0 Å². The molecule has 6 heteroatoms. The lowest BCUT2D eigenvalue weighted by molar-refractivity contribution is 0.415. The fourth-order valence-corrected chi connectivity index (χ4v) is 3.23. The first kappa shape index (κ1) is 18.7. The molecule has 0 heterocycles. The number of hydrogen-bond donors (Lipinski definition) is 1. The van der Waals surface area contributed by atoms with Crippen LogP contribution in [0.1, 0.15) is 17.0 Å². The van der Waals surface area contributed by atoms with E-state index in [2.05, 4.69) is 4.36 Å². The second kappa shape index (κ2) is 8.51. The first-order valence-electron chi connectivity index (χ1n) is 8.43. The van der Waals surface area contributed by atoms with Crippen LogP contribution in [0.3, 0.4) is 0 Å². The molecule has 5 nitrogen and oxygen atoms in total. The average Bonchev–Trinajstić information content (AvgIpc) is 2.70. The molecule has 0 aliphatic heterocycles. The quantitative estimate of drug-likeness (QED) is 0.652. The van der Waals surface area contributed by atoms with E-state index in [4.69, 9.17) is 10.5 Å². The fourth-order valence-electron chi connectivity index (χ4n) is 2.96. The fraction of sp³-hybridized carbons (Fsp3) is 0.143. The third-order valence-corrected chi connectivity index (χ3v) is 4.80. The van der Waals surface area contributed by atoms with Gasteiger partial charge >= 0.3 is 10.5 Å². The molecule has 138 valence electrons. The summed E-state index contributed by atoms with van der Waals surface area (Å²) in [5.41, 5.74) is 10.5. The van der Waals surface area contributed by atoms with Crippen LogP contribution in [0.25, 0.3) is 11.1 Å². The Hall–Kier alpha value is -3.12. The Labute approximate surface area is 160 Å². The van der Waals surface area contributed by atoms with Gasteiger partial charge in [-0.05, 0) is 46.5 Å². The molecule has 3 rings (SSSR count). The van der Waals surface area contributed by atoms with Crippen molar-refractivity contribution in [3.8, 4) is 16.9 Å². The largest absolute Gasteiger partial charge is 0.497 e. The van der Waals surface area contributed by atoms with E-state index < -0.39 is 10.5 Å². The summed E-state index contributed by atoms with van der Waals surface area (Å²) < 4.78 is 30.7. The molecule has 2 N–H and O–H groups in total. The van der Waals surface area contributed by atoms with Gasteiger partial charge in [-0.2, -0.15) is 12.8 Å². The third kappa shape index (κ3) is 4.74. The minimum absolute atomic E-state index is 0.155. The molecular weight excluding hydrogens is 360 g/mol. The summed E-state index contributed by atoms with van der Waals surface area (Å²) >= 11 is 0. The van der Waals surface area contributed by atoms with E-state index in [1.54, 1.807) is 7.11 Å². The molecule has 0 radical (unpaired) electrons. The van der Waals surface area contributed by atoms with Crippen LogP contribution in [-0.4, -0.2) is 22.1 Å². The second-order valence-corrected chi connectivity index (χ2v) is 6.79. The van der Waals surface area contributed by atoms with E-state index >= 15 is 0 Å². The zero-order chi connectivity index (χ0) is 19.2. The summed E-state index contributed by atoms with van der Waals surface area (Å²) in [4.78, 5) is 0. The normalized spacial score (nSPS) is 11.6. The van der Waals surface area contributed by atoms with Crippen LogP contribution in [0.2, 0.25) is 0 Å². The first-order valence-corrected chi connectivity index (χ1v) is 9.46. The molecule has 1 unspecified atom stereocenters. The number of hydrogen-bond acceptors (Lipinski definition) is 5. The highest BCUT2D eigenvalue weighted by atomic mass is 32.2. The van der Waals surface area contributed by atoms with Crippen molar-refractivity contribution in [3.05, 3.63) is 83.9 Å². The number of rotatable bonds is 6. The molecule has 0 aliphatic rings. The highest BCUT2D eigenvalue weighted by Crippen LogP contribution is 2.29. The summed E-state index contributed by atoms with van der Waals surface area (Å²) in [5, 5.41) is 0. The Bertz CT molecular complexity index is 1020. The molecule has 0 bridgehead atoms. The van der Waals surface area contributed by atoms with Crippen LogP contribution in [0, 0.1) is 0 Å². The Balaban J connectivity index is 1.92. The zero-order valence-corrected chi connectivity index (χ0v) is 15.7. The van der Waals surface area contributed by atoms with Gasteiger partial charge in [0, 0.05) is 11.6 Å². The Morgan fingerprint density at radius 2 is 1.33 bits per heavy atom. The Kier molecular flexibility index (Phi) is 5.88. The van der Waals surface area contributed by atoms with Crippen molar-refractivity contribution in [2.24, 2.45) is 4.36 Å². The Morgan fingerprint density at radius 3 is 1.81 bits per heavy atom. The molecule has 0 amide bonds. The minimum Gasteiger partial charge on any atom is -0.497 e. The van der Waals surface area contributed by atoms with Crippen molar-refractivity contribution in [1.29, 1.82) is 0 Å². The number of ether oxygens (including phenoxy) is 1. The lowest BCUT2D eigenvalue weighted by Crippen LogP contribution is -2.05.